The highest BCUT2D eigenvalue weighted by molar-refractivity contribution is 6.03. The Hall–Kier alpha value is -5.97. The number of oxime groups is 1. The van der Waals surface area contributed by atoms with Crippen molar-refractivity contribution >= 4 is 23.4 Å². The molecule has 0 radical (unpaired) electrons. The summed E-state index contributed by atoms with van der Waals surface area (Å²) in [6.07, 6.45) is 17.9. The van der Waals surface area contributed by atoms with Crippen LogP contribution in [-0.2, 0) is 27.5 Å². The number of nitro groups is 1. The van der Waals surface area contributed by atoms with Crippen molar-refractivity contribution in [2.24, 2.45) is 22.9 Å². The monoisotopic (exact) mass is 1010 g/mol. The van der Waals surface area contributed by atoms with Gasteiger partial charge in [0.2, 0.25) is 18.5 Å². The van der Waals surface area contributed by atoms with Gasteiger partial charge in [-0.1, -0.05) is 94.5 Å². The molecule has 0 saturated heterocycles. The fourth-order valence-electron chi connectivity index (χ4n) is 11.2. The van der Waals surface area contributed by atoms with Crippen LogP contribution in [0.25, 0.3) is 0 Å². The largest absolute Gasteiger partial charge is 0.459 e. The van der Waals surface area contributed by atoms with Crippen molar-refractivity contribution in [2.75, 3.05) is 33.2 Å². The molecule has 0 aromatic heterocycles. The Morgan fingerprint density at radius 2 is 1.58 bits per heavy atom. The normalized spacial score (nSPS) is 21.8. The number of carbonyl (C=O) groups excluding carboxylic acids is 2. The van der Waals surface area contributed by atoms with E-state index >= 15 is 4.79 Å². The standard InChI is InChI=1S/C57H76N4O12/c1-4-7-8-9-10-11-12-13-14-21-53(64)60(37-41-24-28-50-51(33-41)69-39-68-50)52-36-48(59-71-38-40-22-25-43(26-23-40)61(66)67)46-34-42(19-15-17-30-62)45(20-16-18-31-63)54-47-35-44(72-56(65)58-6-3)27-29-49(47)73-57(52,55(46)54)70-32-5-2/h5,22-29,33-35,42,45,52,54-55,62-63H,2,4,6-21,30-32,36-39H2,1,3H3,(H,58,65). The van der Waals surface area contributed by atoms with Gasteiger partial charge in [-0.25, -0.2) is 4.79 Å². The second-order valence-corrected chi connectivity index (χ2v) is 19.7. The van der Waals surface area contributed by atoms with Gasteiger partial charge >= 0.3 is 6.09 Å². The molecule has 7 rings (SSSR count). The maximum absolute atomic E-state index is 15.4. The van der Waals surface area contributed by atoms with Crippen molar-refractivity contribution < 1.29 is 53.2 Å². The Balaban J connectivity index is 1.38. The SMILES string of the molecule is C=CCOC12Oc3ccc(OC(=O)NCC)cc3C3C(CCCCO)C(CCCCO)C=C(C(=NOCc4ccc([N+](=O)[O-])cc4)CC1N(Cc1ccc4c(c1)OCO4)C(=O)CCCCCCCCCCC)C32. The predicted molar refractivity (Wildman–Crippen MR) is 278 cm³/mol. The lowest BCUT2D eigenvalue weighted by Gasteiger charge is -2.60. The molecule has 6 unspecified atom stereocenters. The number of aliphatic hydroxyl groups is 2. The van der Waals surface area contributed by atoms with Gasteiger partial charge in [0.1, 0.15) is 24.1 Å². The molecule has 3 aromatic carbocycles. The molecule has 6 atom stereocenters. The molecule has 73 heavy (non-hydrogen) atoms. The van der Waals surface area contributed by atoms with Gasteiger partial charge in [0.05, 0.1) is 23.2 Å². The van der Waals surface area contributed by atoms with Gasteiger partial charge in [0.25, 0.3) is 5.69 Å². The summed E-state index contributed by atoms with van der Waals surface area (Å²) in [5.41, 5.74) is 3.73. The van der Waals surface area contributed by atoms with Crippen molar-refractivity contribution in [1.29, 1.82) is 0 Å². The van der Waals surface area contributed by atoms with Crippen molar-refractivity contribution in [3.8, 4) is 23.0 Å². The lowest BCUT2D eigenvalue weighted by atomic mass is 9.55. The molecular formula is C57H76N4O12. The second-order valence-electron chi connectivity index (χ2n) is 19.7. The number of unbranched alkanes of at least 4 members (excludes halogenated alkanes) is 10. The van der Waals surface area contributed by atoms with Crippen LogP contribution >= 0.6 is 0 Å². The number of amides is 2. The van der Waals surface area contributed by atoms with Crippen LogP contribution in [0, 0.1) is 27.9 Å². The molecule has 2 aliphatic heterocycles. The van der Waals surface area contributed by atoms with Crippen LogP contribution in [0.1, 0.15) is 146 Å². The molecule has 3 aromatic rings. The minimum absolute atomic E-state index is 0.0215. The molecule has 2 amide bonds. The highest BCUT2D eigenvalue weighted by atomic mass is 16.7. The van der Waals surface area contributed by atoms with Gasteiger partial charge < -0.3 is 49.0 Å². The minimum Gasteiger partial charge on any atom is -0.459 e. The van der Waals surface area contributed by atoms with Crippen molar-refractivity contribution in [2.45, 2.75) is 154 Å². The van der Waals surface area contributed by atoms with Gasteiger partial charge in [-0.15, -0.1) is 6.58 Å². The summed E-state index contributed by atoms with van der Waals surface area (Å²) < 4.78 is 32.1. The van der Waals surface area contributed by atoms with E-state index in [2.05, 4.69) is 24.9 Å². The first kappa shape index (κ1) is 54.8. The summed E-state index contributed by atoms with van der Waals surface area (Å²) in [7, 11) is 0. The molecule has 16 nitrogen and oxygen atoms in total. The number of carbonyl (C=O) groups is 2. The Morgan fingerprint density at radius 3 is 2.29 bits per heavy atom. The number of benzene rings is 3. The molecule has 1 saturated carbocycles. The predicted octanol–water partition coefficient (Wildman–Crippen LogP) is 11.2. The molecule has 396 valence electrons. The summed E-state index contributed by atoms with van der Waals surface area (Å²) in [4.78, 5) is 47.5. The molecule has 0 spiro atoms. The lowest BCUT2D eigenvalue weighted by molar-refractivity contribution is -0.384. The van der Waals surface area contributed by atoms with Gasteiger partial charge in [-0.05, 0) is 110 Å². The zero-order valence-corrected chi connectivity index (χ0v) is 42.8. The van der Waals surface area contributed by atoms with Crippen LogP contribution in [0.4, 0.5) is 10.5 Å². The van der Waals surface area contributed by atoms with Crippen LogP contribution in [0.5, 0.6) is 23.0 Å². The first-order chi connectivity index (χ1) is 35.6. The topological polar surface area (TPSA) is 201 Å². The molecule has 2 aliphatic carbocycles. The maximum Gasteiger partial charge on any atom is 0.412 e. The number of non-ortho nitro benzene ring substituents is 1. The van der Waals surface area contributed by atoms with Crippen LogP contribution < -0.4 is 24.3 Å². The highest BCUT2D eigenvalue weighted by Crippen LogP contribution is 2.62. The summed E-state index contributed by atoms with van der Waals surface area (Å²) in [6.45, 7) is 8.98. The number of allylic oxidation sites excluding steroid dienone is 1. The Labute approximate surface area is 430 Å². The number of hydrogen-bond acceptors (Lipinski definition) is 13. The summed E-state index contributed by atoms with van der Waals surface area (Å²) in [5, 5.41) is 39.3. The Kier molecular flexibility index (Phi) is 20.5. The zero-order chi connectivity index (χ0) is 51.6. The highest BCUT2D eigenvalue weighted by Gasteiger charge is 2.65. The first-order valence-corrected chi connectivity index (χ1v) is 26.7. The summed E-state index contributed by atoms with van der Waals surface area (Å²) >= 11 is 0. The fourth-order valence-corrected chi connectivity index (χ4v) is 11.2. The van der Waals surface area contributed by atoms with Crippen molar-refractivity contribution in [1.82, 2.24) is 10.2 Å². The third-order valence-electron chi connectivity index (χ3n) is 14.7. The van der Waals surface area contributed by atoms with E-state index < -0.39 is 28.8 Å². The van der Waals surface area contributed by atoms with Gasteiger partial charge in [0, 0.05) is 62.8 Å². The van der Waals surface area contributed by atoms with Gasteiger partial charge in [0.15, 0.2) is 11.5 Å². The lowest BCUT2D eigenvalue weighted by Crippen LogP contribution is -2.70. The number of rotatable bonds is 30. The van der Waals surface area contributed by atoms with E-state index in [1.54, 1.807) is 24.3 Å². The summed E-state index contributed by atoms with van der Waals surface area (Å²) in [5.74, 6) is -0.556. The molecule has 1 fully saturated rings. The van der Waals surface area contributed by atoms with Gasteiger partial charge in [-0.3, -0.25) is 14.9 Å². The van der Waals surface area contributed by atoms with E-state index in [1.807, 2.05) is 42.2 Å². The van der Waals surface area contributed by atoms with E-state index in [4.69, 9.17) is 33.7 Å². The van der Waals surface area contributed by atoms with E-state index in [-0.39, 0.29) is 75.5 Å². The Bertz CT molecular complexity index is 2370. The van der Waals surface area contributed by atoms with E-state index in [9.17, 15) is 25.1 Å². The third kappa shape index (κ3) is 13.8. The minimum atomic E-state index is -1.52. The number of fused-ring (bicyclic) bond motifs is 3. The molecule has 0 bridgehead atoms. The average Bonchev–Trinajstić information content (AvgIpc) is 3.86. The number of nitrogens with zero attached hydrogens (tertiary/aromatic N) is 3. The van der Waals surface area contributed by atoms with Crippen LogP contribution in [0.15, 0.2) is 90.1 Å². The number of hydrogen-bond donors (Lipinski definition) is 3. The molecule has 16 heteroatoms. The van der Waals surface area contributed by atoms with E-state index in [0.29, 0.717) is 66.5 Å². The van der Waals surface area contributed by atoms with E-state index in [1.165, 1.54) is 44.2 Å². The smallest absolute Gasteiger partial charge is 0.412 e. The summed E-state index contributed by atoms with van der Waals surface area (Å²) in [6, 6.07) is 16.5. The van der Waals surface area contributed by atoms with Crippen LogP contribution in [0.2, 0.25) is 0 Å². The van der Waals surface area contributed by atoms with E-state index in [0.717, 1.165) is 61.6 Å². The fraction of sp³-hybridized carbons (Fsp3) is 0.561. The van der Waals surface area contributed by atoms with Crippen molar-refractivity contribution in [3.05, 3.63) is 112 Å². The van der Waals surface area contributed by atoms with Crippen molar-refractivity contribution in [3.63, 3.8) is 0 Å². The molecule has 2 heterocycles. The first-order valence-electron chi connectivity index (χ1n) is 26.7. The number of nitrogens with one attached hydrogen (secondary N) is 1. The van der Waals surface area contributed by atoms with Crippen LogP contribution in [-0.4, -0.2) is 82.7 Å². The molecule has 4 aliphatic rings. The molecule has 3 N–H and O–H groups in total. The third-order valence-corrected chi connectivity index (χ3v) is 14.7. The molecular weight excluding hydrogens is 933 g/mol. The maximum atomic E-state index is 15.4. The average molecular weight is 1010 g/mol. The van der Waals surface area contributed by atoms with Gasteiger partial charge in [-0.2, -0.15) is 0 Å². The second kappa shape index (κ2) is 27.4. The zero-order valence-electron chi connectivity index (χ0n) is 42.8. The van der Waals surface area contributed by atoms with Crippen LogP contribution in [0.3, 0.4) is 0 Å². The number of ether oxygens (including phenoxy) is 5. The quantitative estimate of drug-likeness (QED) is 0.0247. The Morgan fingerprint density at radius 1 is 0.877 bits per heavy atom. The number of aliphatic hydroxyl groups excluding tert-OH is 2. The number of nitro benzene ring substituents is 1.